The van der Waals surface area contributed by atoms with E-state index in [4.69, 9.17) is 4.74 Å². The molecule has 0 bridgehead atoms. The summed E-state index contributed by atoms with van der Waals surface area (Å²) in [5.74, 6) is 1.61. The normalized spacial score (nSPS) is 31.5. The molecule has 0 aliphatic heterocycles. The lowest BCUT2D eigenvalue weighted by molar-refractivity contribution is 0.100. The van der Waals surface area contributed by atoms with Gasteiger partial charge in [0.15, 0.2) is 0 Å². The fourth-order valence-corrected chi connectivity index (χ4v) is 3.19. The number of hydrogen-bond acceptors (Lipinski definition) is 3. The number of aromatic nitrogens is 1. The van der Waals surface area contributed by atoms with Gasteiger partial charge in [-0.15, -0.1) is 0 Å². The van der Waals surface area contributed by atoms with Crippen LogP contribution in [-0.2, 0) is 0 Å². The predicted octanol–water partition coefficient (Wildman–Crippen LogP) is 4.11. The van der Waals surface area contributed by atoms with Gasteiger partial charge in [-0.3, -0.25) is 0 Å². The van der Waals surface area contributed by atoms with Gasteiger partial charge in [0.05, 0.1) is 0 Å². The van der Waals surface area contributed by atoms with E-state index >= 15 is 0 Å². The van der Waals surface area contributed by atoms with E-state index in [2.05, 4.69) is 34.8 Å². The molecule has 1 aliphatic rings. The summed E-state index contributed by atoms with van der Waals surface area (Å²) in [6.45, 7) is 4.65. The van der Waals surface area contributed by atoms with Crippen molar-refractivity contribution in [2.24, 2.45) is 11.8 Å². The third-order valence-electron chi connectivity index (χ3n) is 3.27. The van der Waals surface area contributed by atoms with E-state index in [-0.39, 0.29) is 0 Å². The molecule has 0 spiro atoms. The Morgan fingerprint density at radius 1 is 1.40 bits per heavy atom. The van der Waals surface area contributed by atoms with Gasteiger partial charge >= 0.3 is 0 Å². The maximum absolute atomic E-state index is 5.87. The fraction of sp³-hybridized carbons (Fsp3) is 0.727. The molecule has 84 valence electrons. The molecule has 1 fully saturated rings. The van der Waals surface area contributed by atoms with Gasteiger partial charge in [0.2, 0.25) is 0 Å². The monoisotopic (exact) mass is 289 g/mol. The molecule has 1 heterocycles. The molecule has 0 aromatic carbocycles. The Bertz CT molecular complexity index is 328. The Balaban J connectivity index is 1.90. The minimum Gasteiger partial charge on any atom is -0.467 e. The molecule has 0 N–H and O–H groups in total. The molecule has 3 unspecified atom stereocenters. The highest BCUT2D eigenvalue weighted by Gasteiger charge is 2.26. The molecule has 2 nitrogen and oxygen atoms in total. The molecule has 1 aromatic heterocycles. The van der Waals surface area contributed by atoms with E-state index in [0.29, 0.717) is 6.10 Å². The lowest BCUT2D eigenvalue weighted by atomic mass is 9.80. The molecular weight excluding hydrogens is 274 g/mol. The molecule has 4 heteroatoms. The number of hydrogen-bond donors (Lipinski definition) is 0. The van der Waals surface area contributed by atoms with Crippen molar-refractivity contribution in [3.63, 3.8) is 0 Å². The first-order chi connectivity index (χ1) is 7.15. The minimum atomic E-state index is 0.370. The Hall–Kier alpha value is -0.0900. The van der Waals surface area contributed by atoms with Crippen LogP contribution in [0.15, 0.2) is 9.98 Å². The van der Waals surface area contributed by atoms with Gasteiger partial charge in [-0.1, -0.05) is 25.2 Å². The summed E-state index contributed by atoms with van der Waals surface area (Å²) >= 11 is 4.90. The van der Waals surface area contributed by atoms with Crippen molar-refractivity contribution >= 4 is 27.3 Å². The first kappa shape index (κ1) is 11.4. The predicted molar refractivity (Wildman–Crippen MR) is 66.4 cm³/mol. The molecule has 0 amide bonds. The van der Waals surface area contributed by atoms with Crippen LogP contribution < -0.4 is 4.74 Å². The molecule has 0 saturated heterocycles. The van der Waals surface area contributed by atoms with Crippen LogP contribution in [0, 0.1) is 11.8 Å². The molecule has 1 aliphatic carbocycles. The first-order valence-corrected chi connectivity index (χ1v) is 7.10. The smallest absolute Gasteiger partial charge is 0.274 e. The van der Waals surface area contributed by atoms with Crippen molar-refractivity contribution < 1.29 is 4.74 Å². The van der Waals surface area contributed by atoms with Crippen molar-refractivity contribution in [2.75, 3.05) is 0 Å². The second-order valence-corrected chi connectivity index (χ2v) is 6.08. The Kier molecular flexibility index (Phi) is 3.67. The zero-order chi connectivity index (χ0) is 10.8. The highest BCUT2D eigenvalue weighted by molar-refractivity contribution is 9.10. The standard InChI is InChI=1S/C11H16BrNOS/c1-7-3-4-9(5-8(7)2)14-11-13-10(12)6-15-11/h6-9H,3-5H2,1-2H3. The minimum absolute atomic E-state index is 0.370. The molecular formula is C11H16BrNOS. The van der Waals surface area contributed by atoms with E-state index in [0.717, 1.165) is 21.6 Å². The summed E-state index contributed by atoms with van der Waals surface area (Å²) in [5.41, 5.74) is 0. The molecule has 0 radical (unpaired) electrons. The van der Waals surface area contributed by atoms with Gasteiger partial charge < -0.3 is 4.74 Å². The summed E-state index contributed by atoms with van der Waals surface area (Å²) in [4.78, 5) is 4.26. The van der Waals surface area contributed by atoms with Gasteiger partial charge in [0.1, 0.15) is 10.7 Å². The average Bonchev–Trinajstić information content (AvgIpc) is 2.58. The van der Waals surface area contributed by atoms with Gasteiger partial charge in [-0.2, -0.15) is 4.98 Å². The van der Waals surface area contributed by atoms with Crippen molar-refractivity contribution in [3.8, 4) is 5.19 Å². The molecule has 15 heavy (non-hydrogen) atoms. The Morgan fingerprint density at radius 3 is 2.80 bits per heavy atom. The van der Waals surface area contributed by atoms with Crippen LogP contribution in [0.25, 0.3) is 0 Å². The van der Waals surface area contributed by atoms with Crippen LogP contribution in [0.1, 0.15) is 33.1 Å². The van der Waals surface area contributed by atoms with Crippen molar-refractivity contribution in [1.82, 2.24) is 4.98 Å². The largest absolute Gasteiger partial charge is 0.467 e. The summed E-state index contributed by atoms with van der Waals surface area (Å²) in [5, 5.41) is 2.76. The Morgan fingerprint density at radius 2 is 2.20 bits per heavy atom. The van der Waals surface area contributed by atoms with Crippen molar-refractivity contribution in [1.29, 1.82) is 0 Å². The lowest BCUT2D eigenvalue weighted by Crippen LogP contribution is -2.28. The summed E-state index contributed by atoms with van der Waals surface area (Å²) in [6, 6.07) is 0. The van der Waals surface area contributed by atoms with Crippen molar-refractivity contribution in [3.05, 3.63) is 9.98 Å². The van der Waals surface area contributed by atoms with Crippen LogP contribution in [0.2, 0.25) is 0 Å². The van der Waals surface area contributed by atoms with Crippen LogP contribution in [-0.4, -0.2) is 11.1 Å². The van der Waals surface area contributed by atoms with Gasteiger partial charge in [0, 0.05) is 5.38 Å². The number of thiazole rings is 1. The van der Waals surface area contributed by atoms with E-state index in [1.54, 1.807) is 11.3 Å². The molecule has 1 aromatic rings. The lowest BCUT2D eigenvalue weighted by Gasteiger charge is -2.31. The second kappa shape index (κ2) is 4.83. The van der Waals surface area contributed by atoms with E-state index in [9.17, 15) is 0 Å². The van der Waals surface area contributed by atoms with E-state index < -0.39 is 0 Å². The zero-order valence-electron chi connectivity index (χ0n) is 9.07. The number of ether oxygens (including phenoxy) is 1. The molecule has 1 saturated carbocycles. The second-order valence-electron chi connectivity index (χ2n) is 4.44. The van der Waals surface area contributed by atoms with Crippen LogP contribution >= 0.6 is 27.3 Å². The number of nitrogens with zero attached hydrogens (tertiary/aromatic N) is 1. The van der Waals surface area contributed by atoms with Crippen molar-refractivity contribution in [2.45, 2.75) is 39.2 Å². The highest BCUT2D eigenvalue weighted by atomic mass is 79.9. The topological polar surface area (TPSA) is 22.1 Å². The SMILES string of the molecule is CC1CCC(Oc2nc(Br)cs2)CC1C. The summed E-state index contributed by atoms with van der Waals surface area (Å²) in [6.07, 6.45) is 3.98. The average molecular weight is 290 g/mol. The third kappa shape index (κ3) is 2.94. The molecule has 2 rings (SSSR count). The maximum Gasteiger partial charge on any atom is 0.274 e. The number of halogens is 1. The van der Waals surface area contributed by atoms with Gasteiger partial charge in [0.25, 0.3) is 5.19 Å². The zero-order valence-corrected chi connectivity index (χ0v) is 11.5. The van der Waals surface area contributed by atoms with Gasteiger partial charge in [-0.25, -0.2) is 0 Å². The molecule has 3 atom stereocenters. The quantitative estimate of drug-likeness (QED) is 0.817. The summed E-state index contributed by atoms with van der Waals surface area (Å²) in [7, 11) is 0. The highest BCUT2D eigenvalue weighted by Crippen LogP contribution is 2.33. The van der Waals surface area contributed by atoms with Crippen LogP contribution in [0.5, 0.6) is 5.19 Å². The number of rotatable bonds is 2. The first-order valence-electron chi connectivity index (χ1n) is 5.43. The van der Waals surface area contributed by atoms with Gasteiger partial charge in [-0.05, 0) is 47.0 Å². The van der Waals surface area contributed by atoms with Crippen LogP contribution in [0.3, 0.4) is 0 Å². The van der Waals surface area contributed by atoms with Crippen LogP contribution in [0.4, 0.5) is 0 Å². The maximum atomic E-state index is 5.87. The Labute approximate surface area is 103 Å². The fourth-order valence-electron chi connectivity index (χ4n) is 2.04. The summed E-state index contributed by atoms with van der Waals surface area (Å²) < 4.78 is 6.75. The van der Waals surface area contributed by atoms with E-state index in [1.165, 1.54) is 19.3 Å². The van der Waals surface area contributed by atoms with E-state index in [1.807, 2.05) is 5.38 Å². The third-order valence-corrected chi connectivity index (χ3v) is 4.71.